The van der Waals surface area contributed by atoms with Crippen molar-refractivity contribution in [3.63, 3.8) is 0 Å². The second-order valence-electron chi connectivity index (χ2n) is 7.45. The van der Waals surface area contributed by atoms with Crippen molar-refractivity contribution in [2.45, 2.75) is 26.6 Å². The zero-order chi connectivity index (χ0) is 21.4. The summed E-state index contributed by atoms with van der Waals surface area (Å²) in [4.78, 5) is 27.7. The smallest absolute Gasteiger partial charge is 0.244 e. The maximum Gasteiger partial charge on any atom is 0.244 e. The Balaban J connectivity index is 1.25. The Labute approximate surface area is 177 Å². The summed E-state index contributed by atoms with van der Waals surface area (Å²) >= 11 is 0. The van der Waals surface area contributed by atoms with Crippen LogP contribution in [0.3, 0.4) is 0 Å². The Morgan fingerprint density at radius 1 is 1.26 bits per heavy atom. The van der Waals surface area contributed by atoms with Crippen LogP contribution in [-0.4, -0.2) is 41.8 Å². The molecule has 154 valence electrons. The molecule has 31 heavy (non-hydrogen) atoms. The van der Waals surface area contributed by atoms with Crippen LogP contribution in [0.15, 0.2) is 43.2 Å². The lowest BCUT2D eigenvalue weighted by atomic mass is 10.1. The minimum Gasteiger partial charge on any atom is -0.347 e. The van der Waals surface area contributed by atoms with Gasteiger partial charge in [0.05, 0.1) is 42.9 Å². The number of aryl methyl sites for hydroxylation is 1. The standard InChI is InChI=1S/C21H19N9O/c1-14-6-16(3-2-15(14)7-22)27-19(31)11-28-9-17(25-13-28)10-29-4-5-30-20-18(8-26-30)23-12-24-21(20)29/h2-3,6,8-9,12-13H,4-5,10-11H2,1H3,(H,27,31). The van der Waals surface area contributed by atoms with Crippen LogP contribution < -0.4 is 10.2 Å². The number of imidazole rings is 1. The molecule has 4 heterocycles. The van der Waals surface area contributed by atoms with Crippen molar-refractivity contribution in [2.24, 2.45) is 0 Å². The number of benzene rings is 1. The lowest BCUT2D eigenvalue weighted by molar-refractivity contribution is -0.116. The number of carbonyl (C=O) groups is 1. The van der Waals surface area contributed by atoms with Crippen LogP contribution in [0.4, 0.5) is 11.5 Å². The van der Waals surface area contributed by atoms with Crippen LogP contribution in [0.25, 0.3) is 11.0 Å². The largest absolute Gasteiger partial charge is 0.347 e. The predicted octanol–water partition coefficient (Wildman–Crippen LogP) is 1.86. The lowest BCUT2D eigenvalue weighted by Crippen LogP contribution is -2.32. The third-order valence-corrected chi connectivity index (χ3v) is 5.29. The Kier molecular flexibility index (Phi) is 4.55. The molecule has 1 amide bonds. The van der Waals surface area contributed by atoms with Crippen molar-refractivity contribution in [3.8, 4) is 6.07 Å². The maximum atomic E-state index is 12.4. The van der Waals surface area contributed by atoms with E-state index in [4.69, 9.17) is 5.26 Å². The molecule has 0 spiro atoms. The maximum absolute atomic E-state index is 12.4. The van der Waals surface area contributed by atoms with E-state index in [0.717, 1.165) is 41.2 Å². The highest BCUT2D eigenvalue weighted by Crippen LogP contribution is 2.27. The van der Waals surface area contributed by atoms with Gasteiger partial charge in [-0.2, -0.15) is 10.4 Å². The van der Waals surface area contributed by atoms with E-state index in [0.29, 0.717) is 17.8 Å². The Bertz CT molecular complexity index is 1330. The van der Waals surface area contributed by atoms with E-state index in [9.17, 15) is 4.79 Å². The van der Waals surface area contributed by atoms with Crippen LogP contribution in [-0.2, 0) is 24.4 Å². The molecule has 1 aliphatic heterocycles. The van der Waals surface area contributed by atoms with Crippen molar-refractivity contribution >= 4 is 28.4 Å². The van der Waals surface area contributed by atoms with E-state index in [-0.39, 0.29) is 12.5 Å². The van der Waals surface area contributed by atoms with Crippen LogP contribution >= 0.6 is 0 Å². The molecule has 0 bridgehead atoms. The first kappa shape index (κ1) is 18.7. The van der Waals surface area contributed by atoms with Gasteiger partial charge in [0.2, 0.25) is 5.91 Å². The van der Waals surface area contributed by atoms with E-state index in [2.05, 4.69) is 36.3 Å². The SMILES string of the molecule is Cc1cc(NC(=O)Cn2cnc(CN3CCn4ncc5ncnc3c54)c2)ccc1C#N. The van der Waals surface area contributed by atoms with E-state index >= 15 is 0 Å². The molecule has 1 N–H and O–H groups in total. The van der Waals surface area contributed by atoms with Crippen LogP contribution in [0.1, 0.15) is 16.8 Å². The van der Waals surface area contributed by atoms with E-state index in [1.807, 2.05) is 17.8 Å². The lowest BCUT2D eigenvalue weighted by Gasteiger charge is -2.27. The van der Waals surface area contributed by atoms with Gasteiger partial charge in [0, 0.05) is 18.4 Å². The molecular formula is C21H19N9O. The first-order chi connectivity index (χ1) is 15.1. The molecule has 5 rings (SSSR count). The van der Waals surface area contributed by atoms with Gasteiger partial charge in [0.1, 0.15) is 23.9 Å². The monoisotopic (exact) mass is 413 g/mol. The van der Waals surface area contributed by atoms with Crippen LogP contribution in [0.5, 0.6) is 0 Å². The third kappa shape index (κ3) is 3.57. The quantitative estimate of drug-likeness (QED) is 0.531. The third-order valence-electron chi connectivity index (χ3n) is 5.29. The summed E-state index contributed by atoms with van der Waals surface area (Å²) in [6, 6.07) is 7.34. The average molecular weight is 413 g/mol. The highest BCUT2D eigenvalue weighted by atomic mass is 16.1. The number of nitrogens with zero attached hydrogens (tertiary/aromatic N) is 8. The first-order valence-corrected chi connectivity index (χ1v) is 9.83. The summed E-state index contributed by atoms with van der Waals surface area (Å²) in [7, 11) is 0. The Morgan fingerprint density at radius 2 is 2.16 bits per heavy atom. The molecule has 10 nitrogen and oxygen atoms in total. The molecular weight excluding hydrogens is 394 g/mol. The van der Waals surface area contributed by atoms with Crippen molar-refractivity contribution < 1.29 is 4.79 Å². The number of hydrogen-bond acceptors (Lipinski definition) is 7. The van der Waals surface area contributed by atoms with Gasteiger partial charge in [-0.3, -0.25) is 9.48 Å². The van der Waals surface area contributed by atoms with Gasteiger partial charge in [-0.25, -0.2) is 15.0 Å². The van der Waals surface area contributed by atoms with Gasteiger partial charge >= 0.3 is 0 Å². The van der Waals surface area contributed by atoms with Gasteiger partial charge in [-0.1, -0.05) is 0 Å². The summed E-state index contributed by atoms with van der Waals surface area (Å²) in [6.07, 6.45) is 6.83. The predicted molar refractivity (Wildman–Crippen MR) is 113 cm³/mol. The van der Waals surface area contributed by atoms with Gasteiger partial charge in [-0.05, 0) is 30.7 Å². The zero-order valence-corrected chi connectivity index (χ0v) is 16.9. The van der Waals surface area contributed by atoms with Crippen molar-refractivity contribution in [1.29, 1.82) is 5.26 Å². The van der Waals surface area contributed by atoms with Gasteiger partial charge in [0.15, 0.2) is 5.82 Å². The number of nitrogens with one attached hydrogen (secondary N) is 1. The van der Waals surface area contributed by atoms with E-state index < -0.39 is 0 Å². The van der Waals surface area contributed by atoms with Crippen LogP contribution in [0, 0.1) is 18.3 Å². The topological polar surface area (TPSA) is 118 Å². The molecule has 0 radical (unpaired) electrons. The summed E-state index contributed by atoms with van der Waals surface area (Å²) < 4.78 is 3.68. The summed E-state index contributed by atoms with van der Waals surface area (Å²) in [5.74, 6) is 0.685. The Hall–Kier alpha value is -4.26. The number of nitriles is 1. The number of rotatable bonds is 5. The number of carbonyl (C=O) groups excluding carboxylic acids is 1. The Morgan fingerprint density at radius 3 is 3.00 bits per heavy atom. The van der Waals surface area contributed by atoms with Gasteiger partial charge in [0.25, 0.3) is 0 Å². The second kappa shape index (κ2) is 7.53. The molecule has 0 atom stereocenters. The molecule has 0 aliphatic carbocycles. The summed E-state index contributed by atoms with van der Waals surface area (Å²) in [6.45, 7) is 4.11. The number of hydrogen-bond donors (Lipinski definition) is 1. The zero-order valence-electron chi connectivity index (χ0n) is 16.9. The minimum atomic E-state index is -0.160. The molecule has 0 unspecified atom stereocenters. The van der Waals surface area contributed by atoms with Gasteiger partial charge in [-0.15, -0.1) is 0 Å². The van der Waals surface area contributed by atoms with E-state index in [1.165, 1.54) is 0 Å². The van der Waals surface area contributed by atoms with Crippen molar-refractivity contribution in [3.05, 3.63) is 60.1 Å². The molecule has 4 aromatic rings. The highest BCUT2D eigenvalue weighted by Gasteiger charge is 2.22. The fourth-order valence-electron chi connectivity index (χ4n) is 3.79. The second-order valence-corrected chi connectivity index (χ2v) is 7.45. The number of anilines is 2. The molecule has 0 fully saturated rings. The fourth-order valence-corrected chi connectivity index (χ4v) is 3.79. The number of amides is 1. The highest BCUT2D eigenvalue weighted by molar-refractivity contribution is 5.90. The molecule has 0 saturated carbocycles. The van der Waals surface area contributed by atoms with Crippen molar-refractivity contribution in [2.75, 3.05) is 16.8 Å². The molecule has 3 aromatic heterocycles. The molecule has 10 heteroatoms. The molecule has 1 aromatic carbocycles. The molecule has 0 saturated heterocycles. The van der Waals surface area contributed by atoms with Crippen molar-refractivity contribution in [1.82, 2.24) is 29.3 Å². The minimum absolute atomic E-state index is 0.149. The van der Waals surface area contributed by atoms with Crippen LogP contribution in [0.2, 0.25) is 0 Å². The number of aromatic nitrogens is 6. The normalized spacial score (nSPS) is 12.7. The van der Waals surface area contributed by atoms with E-state index in [1.54, 1.807) is 41.6 Å². The average Bonchev–Trinajstić information content (AvgIpc) is 3.38. The summed E-state index contributed by atoms with van der Waals surface area (Å²) in [5.41, 5.74) is 4.70. The summed E-state index contributed by atoms with van der Waals surface area (Å²) in [5, 5.41) is 16.2. The fraction of sp³-hybridized carbons (Fsp3) is 0.238. The van der Waals surface area contributed by atoms with Gasteiger partial charge < -0.3 is 14.8 Å². The first-order valence-electron chi connectivity index (χ1n) is 9.83. The molecule has 1 aliphatic rings.